The zero-order valence-corrected chi connectivity index (χ0v) is 7.53. The summed E-state index contributed by atoms with van der Waals surface area (Å²) in [7, 11) is 0. The first-order valence-electron chi connectivity index (χ1n) is 0.943. The average molecular weight is 202 g/mol. The maximum atomic E-state index is 8.25. The molecule has 0 atom stereocenters. The molecule has 0 radical (unpaired) electrons. The van der Waals surface area contributed by atoms with Gasteiger partial charge in [0, 0.05) is 12.9 Å². The van der Waals surface area contributed by atoms with E-state index in [0.717, 1.165) is 0 Å². The van der Waals surface area contributed by atoms with Gasteiger partial charge in [-0.25, -0.2) is 0 Å². The van der Waals surface area contributed by atoms with Crippen molar-refractivity contribution in [1.29, 1.82) is 0 Å². The Morgan fingerprint density at radius 1 is 1.00 bits per heavy atom. The molecule has 5 heteroatoms. The van der Waals surface area contributed by atoms with Crippen molar-refractivity contribution in [3.8, 4) is 0 Å². The second kappa shape index (κ2) is 40.0. The smallest absolute Gasteiger partial charge is 0.554 e. The molecule has 0 spiro atoms. The van der Waals surface area contributed by atoms with E-state index in [-0.39, 0.29) is 27.3 Å². The molecule has 7 heavy (non-hydrogen) atoms. The van der Waals surface area contributed by atoms with E-state index in [1.54, 1.807) is 0 Å². The molecule has 0 aromatic carbocycles. The Kier molecular flexibility index (Phi) is 90.3. The fourth-order valence-electron chi connectivity index (χ4n) is 0. The van der Waals surface area contributed by atoms with Gasteiger partial charge in [0.1, 0.15) is 0 Å². The van der Waals surface area contributed by atoms with Crippen molar-refractivity contribution >= 4 is 12.9 Å². The third-order valence-electron chi connectivity index (χ3n) is 0. The Labute approximate surface area is 60.3 Å². The third-order valence-corrected chi connectivity index (χ3v) is 0. The Balaban J connectivity index is -0.0000000400. The monoisotopic (exact) mass is 204 g/mol. The number of hydrogen-bond acceptors (Lipinski definition) is 4. The average Bonchev–Trinajstić information content (AvgIpc) is 1.39. The summed E-state index contributed by atoms with van der Waals surface area (Å²) in [5.41, 5.74) is 0. The zero-order valence-electron chi connectivity index (χ0n) is 3.49. The normalized spacial score (nSPS) is 3.43. The fraction of sp³-hybridized carbons (Fsp3) is 0. The van der Waals surface area contributed by atoms with Crippen molar-refractivity contribution in [1.82, 2.24) is 0 Å². The first-order chi connectivity index (χ1) is 2.83. The van der Waals surface area contributed by atoms with Crippen LogP contribution in [0.5, 0.6) is 0 Å². The molecule has 0 amide bonds. The summed E-state index contributed by atoms with van der Waals surface area (Å²) in [5, 5.41) is 16.5. The van der Waals surface area contributed by atoms with Crippen LogP contribution in [0.25, 0.3) is 0 Å². The first kappa shape index (κ1) is 15.8. The van der Waals surface area contributed by atoms with Crippen LogP contribution in [0, 0.1) is 0 Å². The molecular weight excluding hydrogens is 200 g/mol. The quantitative estimate of drug-likeness (QED) is 0.305. The predicted octanol–water partition coefficient (Wildman–Crippen LogP) is -3.27. The number of carboxylic acid groups (broad SMARTS) is 2. The molecule has 0 aromatic rings. The van der Waals surface area contributed by atoms with Gasteiger partial charge in [0.25, 0.3) is 0 Å². The van der Waals surface area contributed by atoms with Crippen LogP contribution < -0.4 is 10.2 Å². The minimum absolute atomic E-state index is 0. The van der Waals surface area contributed by atoms with Crippen LogP contribution >= 0.6 is 0 Å². The summed E-state index contributed by atoms with van der Waals surface area (Å²) >= 11 is 0. The second-order valence-corrected chi connectivity index (χ2v) is 0.192. The summed E-state index contributed by atoms with van der Waals surface area (Å²) < 4.78 is 0. The van der Waals surface area contributed by atoms with Crippen LogP contribution in [0.2, 0.25) is 0 Å². The van der Waals surface area contributed by atoms with Gasteiger partial charge in [-0.05, 0) is 0 Å². The molecule has 0 unspecified atom stereocenters. The van der Waals surface area contributed by atoms with Gasteiger partial charge in [0.05, 0.1) is 0 Å². The van der Waals surface area contributed by atoms with Crippen molar-refractivity contribution in [2.24, 2.45) is 0 Å². The van der Waals surface area contributed by atoms with Crippen LogP contribution in [-0.4, -0.2) is 12.9 Å². The number of carbonyl (C=O) groups excluding carboxylic acids is 2. The molecule has 0 fully saturated rings. The molecule has 0 aliphatic rings. The van der Waals surface area contributed by atoms with E-state index in [2.05, 4.69) is 0 Å². The van der Waals surface area contributed by atoms with E-state index in [4.69, 9.17) is 19.8 Å². The minimum Gasteiger partial charge on any atom is -0.554 e. The summed E-state index contributed by atoms with van der Waals surface area (Å²) in [4.78, 5) is 16.5. The van der Waals surface area contributed by atoms with Gasteiger partial charge in [-0.2, -0.15) is 0 Å². The SMILES string of the molecule is O=C[O-].O=C[O-].[Cd+2]. The minimum atomic E-state index is -0.500. The molecule has 0 saturated carbocycles. The summed E-state index contributed by atoms with van der Waals surface area (Å²) in [5.74, 6) is 0. The predicted molar refractivity (Wildman–Crippen MR) is 12.1 cm³/mol. The van der Waals surface area contributed by atoms with Gasteiger partial charge >= 0.3 is 27.3 Å². The molecule has 0 bridgehead atoms. The molecule has 36 valence electrons. The summed E-state index contributed by atoms with van der Waals surface area (Å²) in [6.45, 7) is -1.00. The van der Waals surface area contributed by atoms with Crippen molar-refractivity contribution in [2.75, 3.05) is 0 Å². The van der Waals surface area contributed by atoms with Crippen molar-refractivity contribution in [2.45, 2.75) is 0 Å². The van der Waals surface area contributed by atoms with Gasteiger partial charge in [0.2, 0.25) is 0 Å². The van der Waals surface area contributed by atoms with Gasteiger partial charge in [0.15, 0.2) is 0 Å². The summed E-state index contributed by atoms with van der Waals surface area (Å²) in [6, 6.07) is 0. The van der Waals surface area contributed by atoms with Crippen LogP contribution in [-0.2, 0) is 36.9 Å². The molecule has 0 N–H and O–H groups in total. The number of hydrogen-bond donors (Lipinski definition) is 0. The first-order valence-corrected chi connectivity index (χ1v) is 0.943. The van der Waals surface area contributed by atoms with E-state index in [1.807, 2.05) is 0 Å². The molecule has 0 rings (SSSR count). The van der Waals surface area contributed by atoms with E-state index in [9.17, 15) is 0 Å². The van der Waals surface area contributed by atoms with Gasteiger partial charge in [-0.1, -0.05) is 0 Å². The molecule has 0 saturated heterocycles. The van der Waals surface area contributed by atoms with Crippen LogP contribution in [0.3, 0.4) is 0 Å². The molecule has 0 heterocycles. The van der Waals surface area contributed by atoms with E-state index >= 15 is 0 Å². The van der Waals surface area contributed by atoms with E-state index in [0.29, 0.717) is 0 Å². The maximum absolute atomic E-state index is 8.25. The maximum Gasteiger partial charge on any atom is 2.00 e. The van der Waals surface area contributed by atoms with E-state index in [1.165, 1.54) is 0 Å². The topological polar surface area (TPSA) is 80.3 Å². The zero-order chi connectivity index (χ0) is 5.41. The summed E-state index contributed by atoms with van der Waals surface area (Å²) in [6.07, 6.45) is 0. The third kappa shape index (κ3) is 4600. The van der Waals surface area contributed by atoms with Crippen LogP contribution in [0.15, 0.2) is 0 Å². The van der Waals surface area contributed by atoms with Crippen LogP contribution in [0.4, 0.5) is 0 Å². The van der Waals surface area contributed by atoms with Crippen molar-refractivity contribution in [3.05, 3.63) is 0 Å². The van der Waals surface area contributed by atoms with Crippen molar-refractivity contribution in [3.63, 3.8) is 0 Å². The molecule has 0 aliphatic carbocycles. The van der Waals surface area contributed by atoms with Gasteiger partial charge < -0.3 is 19.8 Å². The Morgan fingerprint density at radius 3 is 1.00 bits per heavy atom. The fourth-order valence-corrected chi connectivity index (χ4v) is 0. The largest absolute Gasteiger partial charge is 2.00 e. The van der Waals surface area contributed by atoms with Gasteiger partial charge in [-0.15, -0.1) is 0 Å². The van der Waals surface area contributed by atoms with Gasteiger partial charge in [-0.3, -0.25) is 0 Å². The number of rotatable bonds is 0. The second-order valence-electron chi connectivity index (χ2n) is 0.192. The Bertz CT molecular complexity index is 30.7. The molecular formula is C2H2CdO4. The Morgan fingerprint density at radius 2 is 1.00 bits per heavy atom. The molecule has 0 aliphatic heterocycles. The number of carbonyl (C=O) groups is 2. The molecule has 0 aromatic heterocycles. The molecule has 4 nitrogen and oxygen atoms in total. The standard InChI is InChI=1S/2CH2O2.Cd/c2*2-1-3;/h2*1H,(H,2,3);/q;;+2/p-2. The Hall–Kier alpha value is -0.138. The van der Waals surface area contributed by atoms with E-state index < -0.39 is 12.9 Å². The van der Waals surface area contributed by atoms with Crippen LogP contribution in [0.1, 0.15) is 0 Å². The van der Waals surface area contributed by atoms with Crippen molar-refractivity contribution < 1.29 is 47.1 Å².